The summed E-state index contributed by atoms with van der Waals surface area (Å²) in [6.45, 7) is 1.83. The van der Waals surface area contributed by atoms with Gasteiger partial charge in [-0.25, -0.2) is 4.79 Å². The normalized spacial score (nSPS) is 25.7. The molecule has 164 valence electrons. The number of rotatable bonds is 7. The fraction of sp³-hybridized carbons (Fsp3) is 0.474. The van der Waals surface area contributed by atoms with Crippen LogP contribution in [0.5, 0.6) is 0 Å². The molecule has 10 nitrogen and oxygen atoms in total. The maximum atomic E-state index is 12.5. The zero-order valence-electron chi connectivity index (χ0n) is 16.2. The van der Waals surface area contributed by atoms with Crippen molar-refractivity contribution in [2.75, 3.05) is 12.5 Å². The molecule has 0 aliphatic carbocycles. The monoisotopic (exact) mass is 444 g/mol. The molecule has 0 spiro atoms. The second-order valence-electron chi connectivity index (χ2n) is 6.27. The summed E-state index contributed by atoms with van der Waals surface area (Å²) in [6, 6.07) is 7.85. The topological polar surface area (TPSA) is 135 Å². The first kappa shape index (κ1) is 23.6. The SMILES string of the molecule is CC(=O)OC[C@H]1OC(O)[C@H](OC(=O)c2ccccc2)[C@@H](OC(=O)CCl)[C@@H]1OC(C)=O. The number of carbonyl (C=O) groups is 4. The molecule has 1 aromatic carbocycles. The number of aliphatic hydroxyl groups is 1. The predicted molar refractivity (Wildman–Crippen MR) is 99.3 cm³/mol. The lowest BCUT2D eigenvalue weighted by Gasteiger charge is -2.42. The molecule has 1 aliphatic heterocycles. The Bertz CT molecular complexity index is 768. The van der Waals surface area contributed by atoms with E-state index in [9.17, 15) is 24.3 Å². The van der Waals surface area contributed by atoms with Gasteiger partial charge < -0.3 is 28.8 Å². The minimum Gasteiger partial charge on any atom is -0.463 e. The maximum Gasteiger partial charge on any atom is 0.338 e. The Morgan fingerprint density at radius 2 is 1.63 bits per heavy atom. The summed E-state index contributed by atoms with van der Waals surface area (Å²) in [7, 11) is 0. The summed E-state index contributed by atoms with van der Waals surface area (Å²) in [4.78, 5) is 47.1. The van der Waals surface area contributed by atoms with Crippen LogP contribution in [-0.2, 0) is 38.1 Å². The van der Waals surface area contributed by atoms with E-state index in [1.807, 2.05) is 0 Å². The van der Waals surface area contributed by atoms with Crippen molar-refractivity contribution in [3.05, 3.63) is 35.9 Å². The Morgan fingerprint density at radius 1 is 0.967 bits per heavy atom. The Morgan fingerprint density at radius 3 is 2.20 bits per heavy atom. The third-order valence-electron chi connectivity index (χ3n) is 3.99. The van der Waals surface area contributed by atoms with Crippen LogP contribution < -0.4 is 0 Å². The summed E-state index contributed by atoms with van der Waals surface area (Å²) in [5.41, 5.74) is 0.165. The van der Waals surface area contributed by atoms with E-state index in [0.29, 0.717) is 0 Å². The van der Waals surface area contributed by atoms with Crippen molar-refractivity contribution in [1.82, 2.24) is 0 Å². The van der Waals surface area contributed by atoms with Gasteiger partial charge in [0.15, 0.2) is 24.6 Å². The van der Waals surface area contributed by atoms with Gasteiger partial charge in [-0.3, -0.25) is 14.4 Å². The Balaban J connectivity index is 2.32. The van der Waals surface area contributed by atoms with Crippen LogP contribution in [0.1, 0.15) is 24.2 Å². The summed E-state index contributed by atoms with van der Waals surface area (Å²) < 4.78 is 25.9. The number of alkyl halides is 1. The molecule has 30 heavy (non-hydrogen) atoms. The van der Waals surface area contributed by atoms with Gasteiger partial charge in [0.25, 0.3) is 0 Å². The molecule has 11 heteroatoms. The summed E-state index contributed by atoms with van der Waals surface area (Å²) in [6.07, 6.45) is -7.36. The van der Waals surface area contributed by atoms with Crippen molar-refractivity contribution in [2.45, 2.75) is 44.6 Å². The highest BCUT2D eigenvalue weighted by molar-refractivity contribution is 6.26. The fourth-order valence-electron chi connectivity index (χ4n) is 2.77. The average molecular weight is 445 g/mol. The smallest absolute Gasteiger partial charge is 0.338 e. The molecule has 1 aromatic rings. The highest BCUT2D eigenvalue weighted by Crippen LogP contribution is 2.28. The van der Waals surface area contributed by atoms with Crippen molar-refractivity contribution < 1.29 is 48.0 Å². The largest absolute Gasteiger partial charge is 0.463 e. The van der Waals surface area contributed by atoms with E-state index >= 15 is 0 Å². The van der Waals surface area contributed by atoms with E-state index < -0.39 is 67.1 Å². The zero-order chi connectivity index (χ0) is 22.3. The van der Waals surface area contributed by atoms with Crippen molar-refractivity contribution in [3.63, 3.8) is 0 Å². The molecule has 0 aromatic heterocycles. The molecule has 1 heterocycles. The van der Waals surface area contributed by atoms with Gasteiger partial charge in [-0.05, 0) is 12.1 Å². The average Bonchev–Trinajstić information content (AvgIpc) is 2.71. The summed E-state index contributed by atoms with van der Waals surface area (Å²) in [5, 5.41) is 10.4. The van der Waals surface area contributed by atoms with Crippen LogP contribution in [0.15, 0.2) is 30.3 Å². The number of carbonyl (C=O) groups excluding carboxylic acids is 4. The molecule has 1 N–H and O–H groups in total. The molecule has 1 fully saturated rings. The lowest BCUT2D eigenvalue weighted by atomic mass is 9.98. The highest BCUT2D eigenvalue weighted by Gasteiger charge is 2.52. The molecule has 0 amide bonds. The van der Waals surface area contributed by atoms with Crippen molar-refractivity contribution in [3.8, 4) is 0 Å². The third-order valence-corrected chi connectivity index (χ3v) is 4.21. The van der Waals surface area contributed by atoms with Crippen LogP contribution in [0.3, 0.4) is 0 Å². The number of hydrogen-bond acceptors (Lipinski definition) is 10. The van der Waals surface area contributed by atoms with Crippen molar-refractivity contribution in [1.29, 1.82) is 0 Å². The van der Waals surface area contributed by atoms with Gasteiger partial charge in [0.05, 0.1) is 5.56 Å². The fourth-order valence-corrected chi connectivity index (χ4v) is 2.83. The molecule has 1 aliphatic rings. The number of hydrogen-bond donors (Lipinski definition) is 1. The quantitative estimate of drug-likeness (QED) is 0.361. The molecule has 0 bridgehead atoms. The van der Waals surface area contributed by atoms with Gasteiger partial charge in [-0.15, -0.1) is 11.6 Å². The number of halogens is 1. The minimum atomic E-state index is -1.78. The number of aliphatic hydroxyl groups excluding tert-OH is 1. The molecular weight excluding hydrogens is 424 g/mol. The van der Waals surface area contributed by atoms with Crippen molar-refractivity contribution >= 4 is 35.5 Å². The number of benzene rings is 1. The lowest BCUT2D eigenvalue weighted by Crippen LogP contribution is -2.62. The maximum absolute atomic E-state index is 12.5. The van der Waals surface area contributed by atoms with E-state index in [1.54, 1.807) is 18.2 Å². The molecule has 2 rings (SSSR count). The van der Waals surface area contributed by atoms with Gasteiger partial charge in [0, 0.05) is 13.8 Å². The van der Waals surface area contributed by atoms with Crippen LogP contribution in [0.25, 0.3) is 0 Å². The summed E-state index contributed by atoms with van der Waals surface area (Å²) in [5.74, 6) is -3.72. The second kappa shape index (κ2) is 10.9. The van der Waals surface area contributed by atoms with Crippen LogP contribution in [0.2, 0.25) is 0 Å². The lowest BCUT2D eigenvalue weighted by molar-refractivity contribution is -0.292. The first-order valence-electron chi connectivity index (χ1n) is 8.88. The van der Waals surface area contributed by atoms with Gasteiger partial charge in [0.1, 0.15) is 18.6 Å². The Kier molecular flexibility index (Phi) is 8.58. The third kappa shape index (κ3) is 6.41. The van der Waals surface area contributed by atoms with Crippen LogP contribution in [-0.4, -0.2) is 72.2 Å². The van der Waals surface area contributed by atoms with Crippen molar-refractivity contribution in [2.24, 2.45) is 0 Å². The van der Waals surface area contributed by atoms with Crippen LogP contribution >= 0.6 is 11.6 Å². The number of ether oxygens (including phenoxy) is 5. The molecular formula is C19H21ClO10. The highest BCUT2D eigenvalue weighted by atomic mass is 35.5. The van der Waals surface area contributed by atoms with E-state index in [2.05, 4.69) is 0 Å². The first-order valence-corrected chi connectivity index (χ1v) is 9.42. The molecule has 5 atom stereocenters. The molecule has 1 saturated heterocycles. The Labute approximate surface area is 176 Å². The van der Waals surface area contributed by atoms with Crippen LogP contribution in [0.4, 0.5) is 0 Å². The zero-order valence-corrected chi connectivity index (χ0v) is 16.9. The van der Waals surface area contributed by atoms with E-state index in [-0.39, 0.29) is 5.56 Å². The van der Waals surface area contributed by atoms with Gasteiger partial charge in [0.2, 0.25) is 0 Å². The minimum absolute atomic E-state index is 0.165. The Hall–Kier alpha value is -2.69. The van der Waals surface area contributed by atoms with E-state index in [4.69, 9.17) is 35.3 Å². The van der Waals surface area contributed by atoms with Gasteiger partial charge >= 0.3 is 23.9 Å². The summed E-state index contributed by atoms with van der Waals surface area (Å²) >= 11 is 5.50. The van der Waals surface area contributed by atoms with Gasteiger partial charge in [-0.1, -0.05) is 18.2 Å². The van der Waals surface area contributed by atoms with Gasteiger partial charge in [-0.2, -0.15) is 0 Å². The van der Waals surface area contributed by atoms with E-state index in [1.165, 1.54) is 12.1 Å². The van der Waals surface area contributed by atoms with Crippen LogP contribution in [0, 0.1) is 0 Å². The predicted octanol–water partition coefficient (Wildman–Crippen LogP) is 0.575. The number of esters is 4. The standard InChI is InChI=1S/C19H21ClO10/c1-10(21)26-9-13-15(27-11(2)22)16(29-14(23)8-20)17(19(25)28-13)30-18(24)12-6-4-3-5-7-12/h3-7,13,15-17,19,25H,8-9H2,1-2H3/t13-,15-,16+,17-,19?/m1/s1. The van der Waals surface area contributed by atoms with E-state index in [0.717, 1.165) is 13.8 Å². The molecule has 1 unspecified atom stereocenters. The second-order valence-corrected chi connectivity index (χ2v) is 6.53. The first-order chi connectivity index (χ1) is 14.2. The molecule has 0 saturated carbocycles. The molecule has 0 radical (unpaired) electrons.